The van der Waals surface area contributed by atoms with Gasteiger partial charge in [0.15, 0.2) is 0 Å². The number of hydrogen-bond acceptors (Lipinski definition) is 5. The van der Waals surface area contributed by atoms with E-state index in [-0.39, 0.29) is 23.6 Å². The van der Waals surface area contributed by atoms with Crippen molar-refractivity contribution in [3.05, 3.63) is 47.4 Å². The van der Waals surface area contributed by atoms with E-state index in [1.807, 2.05) is 29.2 Å². The molecule has 1 aromatic heterocycles. The number of hydrogen-bond donors (Lipinski definition) is 1. The van der Waals surface area contributed by atoms with Crippen LogP contribution in [0.3, 0.4) is 0 Å². The van der Waals surface area contributed by atoms with Gasteiger partial charge < -0.3 is 15.0 Å². The number of ether oxygens (including phenoxy) is 1. The molecule has 6 nitrogen and oxygen atoms in total. The molecular weight excluding hydrogens is 397 g/mol. The maximum absolute atomic E-state index is 13.0. The molecule has 1 saturated heterocycles. The van der Waals surface area contributed by atoms with Crippen LogP contribution in [-0.2, 0) is 17.4 Å². The van der Waals surface area contributed by atoms with Crippen molar-refractivity contribution in [1.29, 1.82) is 0 Å². The molecule has 2 heterocycles. The van der Waals surface area contributed by atoms with E-state index in [2.05, 4.69) is 15.3 Å². The number of anilines is 1. The fraction of sp³-hybridized carbons (Fsp3) is 0.476. The maximum Gasteiger partial charge on any atom is 0.433 e. The van der Waals surface area contributed by atoms with Crippen molar-refractivity contribution in [2.75, 3.05) is 25.1 Å². The molecule has 0 unspecified atom stereocenters. The third kappa shape index (κ3) is 5.84. The average Bonchev–Trinajstić information content (AvgIpc) is 2.72. The number of piperidine rings is 1. The highest BCUT2D eigenvalue weighted by atomic mass is 19.4. The van der Waals surface area contributed by atoms with Crippen molar-refractivity contribution in [3.8, 4) is 5.75 Å². The van der Waals surface area contributed by atoms with Gasteiger partial charge in [-0.05, 0) is 43.9 Å². The number of halogens is 3. The molecule has 3 rings (SSSR count). The van der Waals surface area contributed by atoms with E-state index in [0.717, 1.165) is 17.4 Å². The van der Waals surface area contributed by atoms with Gasteiger partial charge in [0.25, 0.3) is 0 Å². The number of alkyl halides is 3. The molecule has 0 radical (unpaired) electrons. The lowest BCUT2D eigenvalue weighted by Gasteiger charge is -2.33. The van der Waals surface area contributed by atoms with Crippen molar-refractivity contribution in [2.24, 2.45) is 0 Å². The molecule has 0 spiro atoms. The minimum atomic E-state index is -4.50. The van der Waals surface area contributed by atoms with E-state index in [1.54, 1.807) is 7.11 Å². The van der Waals surface area contributed by atoms with Gasteiger partial charge in [-0.3, -0.25) is 4.79 Å². The van der Waals surface area contributed by atoms with Crippen molar-refractivity contribution in [3.63, 3.8) is 0 Å². The number of amides is 1. The van der Waals surface area contributed by atoms with Gasteiger partial charge in [-0.15, -0.1) is 0 Å². The first-order chi connectivity index (χ1) is 14.2. The van der Waals surface area contributed by atoms with Crippen LogP contribution in [0.15, 0.2) is 30.3 Å². The number of carbonyl (C=O) groups excluding carboxylic acids is 1. The van der Waals surface area contributed by atoms with Crippen molar-refractivity contribution < 1.29 is 22.7 Å². The lowest BCUT2D eigenvalue weighted by atomic mass is 10.0. The number of nitrogens with one attached hydrogen (secondary N) is 1. The lowest BCUT2D eigenvalue weighted by Crippen LogP contribution is -2.45. The molecule has 1 aromatic carbocycles. The quantitative estimate of drug-likeness (QED) is 0.772. The van der Waals surface area contributed by atoms with Gasteiger partial charge in [-0.1, -0.05) is 12.1 Å². The highest BCUT2D eigenvalue weighted by molar-refractivity contribution is 5.76. The maximum atomic E-state index is 13.0. The van der Waals surface area contributed by atoms with Crippen molar-refractivity contribution >= 4 is 11.7 Å². The summed E-state index contributed by atoms with van der Waals surface area (Å²) in [6.45, 7) is 2.50. The molecule has 1 fully saturated rings. The minimum absolute atomic E-state index is 0.00378. The summed E-state index contributed by atoms with van der Waals surface area (Å²) in [7, 11) is 1.60. The number of nitrogens with zero attached hydrogens (tertiary/aromatic N) is 3. The molecule has 2 aromatic rings. The van der Waals surface area contributed by atoms with Gasteiger partial charge in [0.05, 0.1) is 7.11 Å². The smallest absolute Gasteiger partial charge is 0.433 e. The Bertz CT molecular complexity index is 881. The summed E-state index contributed by atoms with van der Waals surface area (Å²) >= 11 is 0. The number of benzene rings is 1. The number of aryl methyl sites for hydroxylation is 2. The average molecular weight is 422 g/mol. The van der Waals surface area contributed by atoms with E-state index >= 15 is 0 Å². The molecule has 1 aliphatic heterocycles. The molecule has 9 heteroatoms. The molecule has 30 heavy (non-hydrogen) atoms. The Kier molecular flexibility index (Phi) is 6.79. The van der Waals surface area contributed by atoms with Gasteiger partial charge in [0, 0.05) is 31.6 Å². The minimum Gasteiger partial charge on any atom is -0.497 e. The van der Waals surface area contributed by atoms with E-state index in [1.165, 1.54) is 6.92 Å². The first-order valence-corrected chi connectivity index (χ1v) is 9.84. The topological polar surface area (TPSA) is 67.3 Å². The van der Waals surface area contributed by atoms with Crippen LogP contribution in [0.25, 0.3) is 0 Å². The summed E-state index contributed by atoms with van der Waals surface area (Å²) in [6, 6.07) is 8.59. The standard InChI is InChI=1S/C21H25F3N4O2/c1-14-25-18(21(22,23)24)13-19(26-14)28-10-8-16(9-11-28)27-20(29)7-6-15-4-3-5-17(12-15)30-2/h3-5,12-13,16H,6-11H2,1-2H3,(H,27,29). The summed E-state index contributed by atoms with van der Waals surface area (Å²) < 4.78 is 44.2. The van der Waals surface area contributed by atoms with Crippen LogP contribution in [0.5, 0.6) is 5.75 Å². The van der Waals surface area contributed by atoms with Crippen LogP contribution >= 0.6 is 0 Å². The molecule has 0 aliphatic carbocycles. The van der Waals surface area contributed by atoms with E-state index in [4.69, 9.17) is 4.74 Å². The number of carbonyl (C=O) groups is 1. The normalized spacial score (nSPS) is 15.2. The van der Waals surface area contributed by atoms with Crippen LogP contribution in [-0.4, -0.2) is 42.1 Å². The van der Waals surface area contributed by atoms with Gasteiger partial charge in [-0.2, -0.15) is 13.2 Å². The van der Waals surface area contributed by atoms with Crippen molar-refractivity contribution in [1.82, 2.24) is 15.3 Å². The summed E-state index contributed by atoms with van der Waals surface area (Å²) in [4.78, 5) is 21.7. The zero-order valence-corrected chi connectivity index (χ0v) is 17.0. The van der Waals surface area contributed by atoms with Gasteiger partial charge in [-0.25, -0.2) is 9.97 Å². The van der Waals surface area contributed by atoms with Gasteiger partial charge >= 0.3 is 6.18 Å². The molecule has 0 bridgehead atoms. The molecular formula is C21H25F3N4O2. The highest BCUT2D eigenvalue weighted by Gasteiger charge is 2.34. The van der Waals surface area contributed by atoms with E-state index in [9.17, 15) is 18.0 Å². The predicted octanol–water partition coefficient (Wildman–Crippen LogP) is 3.53. The second-order valence-corrected chi connectivity index (χ2v) is 7.34. The Morgan fingerprint density at radius 1 is 1.23 bits per heavy atom. The highest BCUT2D eigenvalue weighted by Crippen LogP contribution is 2.30. The summed E-state index contributed by atoms with van der Waals surface area (Å²) in [5.41, 5.74) is 0.0943. The number of aromatic nitrogens is 2. The molecule has 1 N–H and O–H groups in total. The predicted molar refractivity (Wildman–Crippen MR) is 106 cm³/mol. The molecule has 162 valence electrons. The molecule has 1 aliphatic rings. The van der Waals surface area contributed by atoms with Crippen LogP contribution in [0, 0.1) is 6.92 Å². The van der Waals surface area contributed by atoms with Crippen LogP contribution in [0.1, 0.15) is 36.3 Å². The Labute approximate surface area is 173 Å². The Morgan fingerprint density at radius 2 is 1.97 bits per heavy atom. The third-order valence-corrected chi connectivity index (χ3v) is 5.07. The van der Waals surface area contributed by atoms with Crippen molar-refractivity contribution in [2.45, 2.75) is 44.8 Å². The number of methoxy groups -OCH3 is 1. The molecule has 0 saturated carbocycles. The zero-order valence-electron chi connectivity index (χ0n) is 17.0. The van der Waals surface area contributed by atoms with Crippen LogP contribution < -0.4 is 15.0 Å². The Hall–Kier alpha value is -2.84. The zero-order chi connectivity index (χ0) is 21.7. The monoisotopic (exact) mass is 422 g/mol. The Balaban J connectivity index is 1.49. The van der Waals surface area contributed by atoms with E-state index in [0.29, 0.717) is 38.8 Å². The fourth-order valence-electron chi connectivity index (χ4n) is 3.50. The largest absolute Gasteiger partial charge is 0.497 e. The van der Waals surface area contributed by atoms with Crippen LogP contribution in [0.4, 0.5) is 19.0 Å². The first kappa shape index (κ1) is 21.9. The lowest BCUT2D eigenvalue weighted by molar-refractivity contribution is -0.141. The summed E-state index contributed by atoms with van der Waals surface area (Å²) in [5, 5.41) is 3.03. The van der Waals surface area contributed by atoms with Gasteiger partial charge in [0.1, 0.15) is 23.1 Å². The third-order valence-electron chi connectivity index (χ3n) is 5.07. The molecule has 0 atom stereocenters. The second-order valence-electron chi connectivity index (χ2n) is 7.34. The molecule has 1 amide bonds. The van der Waals surface area contributed by atoms with E-state index < -0.39 is 11.9 Å². The summed E-state index contributed by atoms with van der Waals surface area (Å²) in [5.74, 6) is 1.09. The Morgan fingerprint density at radius 3 is 2.63 bits per heavy atom. The fourth-order valence-corrected chi connectivity index (χ4v) is 3.50. The first-order valence-electron chi connectivity index (χ1n) is 9.84. The number of rotatable bonds is 6. The SMILES string of the molecule is COc1cccc(CCC(=O)NC2CCN(c3cc(C(F)(F)F)nc(C)n3)CC2)c1. The van der Waals surface area contributed by atoms with Crippen LogP contribution in [0.2, 0.25) is 0 Å². The van der Waals surface area contributed by atoms with Gasteiger partial charge in [0.2, 0.25) is 5.91 Å². The summed E-state index contributed by atoms with van der Waals surface area (Å²) in [6.07, 6.45) is -2.22. The second kappa shape index (κ2) is 9.32.